The van der Waals surface area contributed by atoms with Gasteiger partial charge in [0.05, 0.1) is 5.56 Å². The molecule has 1 N–H and O–H groups in total. The molecule has 0 bridgehead atoms. The van der Waals surface area contributed by atoms with Crippen molar-refractivity contribution in [2.45, 2.75) is 26.4 Å². The summed E-state index contributed by atoms with van der Waals surface area (Å²) in [7, 11) is 0. The number of amides is 1. The maximum Gasteiger partial charge on any atom is 0.417 e. The van der Waals surface area contributed by atoms with E-state index in [0.29, 0.717) is 18.8 Å². The van der Waals surface area contributed by atoms with Gasteiger partial charge in [-0.25, -0.2) is 0 Å². The van der Waals surface area contributed by atoms with Crippen molar-refractivity contribution < 1.29 is 18.0 Å². The first-order chi connectivity index (χ1) is 9.57. The van der Waals surface area contributed by atoms with Crippen LogP contribution in [0.3, 0.4) is 0 Å². The van der Waals surface area contributed by atoms with Gasteiger partial charge < -0.3 is 5.32 Å². The summed E-state index contributed by atoms with van der Waals surface area (Å²) in [5.74, 6) is -0.0741. The maximum atomic E-state index is 12.8. The Morgan fingerprint density at radius 3 is 2.48 bits per heavy atom. The van der Waals surface area contributed by atoms with E-state index >= 15 is 0 Å². The Kier molecular flexibility index (Phi) is 6.11. The van der Waals surface area contributed by atoms with Crippen LogP contribution in [-0.2, 0) is 6.18 Å². The van der Waals surface area contributed by atoms with Crippen molar-refractivity contribution in [3.63, 3.8) is 0 Å². The quantitative estimate of drug-likeness (QED) is 0.720. The topological polar surface area (TPSA) is 29.1 Å². The van der Waals surface area contributed by atoms with E-state index in [4.69, 9.17) is 11.6 Å². The third-order valence-corrected chi connectivity index (χ3v) is 3.91. The minimum atomic E-state index is -4.51. The Morgan fingerprint density at radius 1 is 1.33 bits per heavy atom. The molecule has 2 nitrogen and oxygen atoms in total. The van der Waals surface area contributed by atoms with Gasteiger partial charge in [-0.3, -0.25) is 4.79 Å². The fourth-order valence-corrected chi connectivity index (χ4v) is 2.63. The maximum absolute atomic E-state index is 12.8. The molecule has 0 heterocycles. The number of alkyl halides is 4. The molecule has 0 aliphatic heterocycles. The smallest absolute Gasteiger partial charge is 0.352 e. The first-order valence-electron chi connectivity index (χ1n) is 6.28. The van der Waals surface area contributed by atoms with Crippen LogP contribution in [0.2, 0.25) is 0 Å². The number of hydrogen-bond acceptors (Lipinski definition) is 1. The van der Waals surface area contributed by atoms with Crippen molar-refractivity contribution in [1.82, 2.24) is 5.32 Å². The molecule has 0 aliphatic carbocycles. The predicted molar refractivity (Wildman–Crippen MR) is 80.6 cm³/mol. The van der Waals surface area contributed by atoms with Crippen molar-refractivity contribution in [3.8, 4) is 0 Å². The van der Waals surface area contributed by atoms with Gasteiger partial charge in [0.2, 0.25) is 0 Å². The summed E-state index contributed by atoms with van der Waals surface area (Å²) < 4.78 is 38.3. The van der Waals surface area contributed by atoms with Gasteiger partial charge in [0.25, 0.3) is 5.91 Å². The minimum absolute atomic E-state index is 0.0211. The summed E-state index contributed by atoms with van der Waals surface area (Å²) in [4.78, 5) is 12.0. The number of benzene rings is 1. The van der Waals surface area contributed by atoms with E-state index in [0.717, 1.165) is 6.07 Å². The van der Waals surface area contributed by atoms with E-state index in [1.807, 2.05) is 13.8 Å². The summed E-state index contributed by atoms with van der Waals surface area (Å²) in [6.07, 6.45) is -3.81. The Morgan fingerprint density at radius 2 is 1.95 bits per heavy atom. The fourth-order valence-electron chi connectivity index (χ4n) is 1.65. The van der Waals surface area contributed by atoms with Gasteiger partial charge in [0.15, 0.2) is 0 Å². The molecule has 0 radical (unpaired) electrons. The van der Waals surface area contributed by atoms with E-state index in [-0.39, 0.29) is 15.5 Å². The predicted octanol–water partition coefficient (Wildman–Crippen LogP) is 4.85. The highest BCUT2D eigenvalue weighted by molar-refractivity contribution is 9.10. The standard InChI is InChI=1S/C14H16BrClF3NO/c1-13(2,5-6-16)8-20-12(21)9-3-4-11(15)10(7-9)14(17,18)19/h3-4,7H,5-6,8H2,1-2H3,(H,20,21). The third kappa shape index (κ3) is 5.51. The normalized spacial score (nSPS) is 12.3. The van der Waals surface area contributed by atoms with Crippen LogP contribution in [0, 0.1) is 5.41 Å². The van der Waals surface area contributed by atoms with E-state index < -0.39 is 17.6 Å². The second-order valence-corrected chi connectivity index (χ2v) is 6.71. The van der Waals surface area contributed by atoms with Crippen molar-refractivity contribution in [1.29, 1.82) is 0 Å². The molecule has 118 valence electrons. The van der Waals surface area contributed by atoms with E-state index in [1.54, 1.807) is 0 Å². The SMILES string of the molecule is CC(C)(CCCl)CNC(=O)c1ccc(Br)c(C(F)(F)F)c1. The molecule has 7 heteroatoms. The lowest BCUT2D eigenvalue weighted by Crippen LogP contribution is -2.34. The van der Waals surface area contributed by atoms with Crippen LogP contribution in [0.4, 0.5) is 13.2 Å². The lowest BCUT2D eigenvalue weighted by molar-refractivity contribution is -0.138. The second-order valence-electron chi connectivity index (χ2n) is 5.48. The van der Waals surface area contributed by atoms with Crippen LogP contribution < -0.4 is 5.32 Å². The molecule has 0 aliphatic rings. The molecular formula is C14H16BrClF3NO. The van der Waals surface area contributed by atoms with Gasteiger partial charge in [-0.2, -0.15) is 13.2 Å². The number of hydrogen-bond donors (Lipinski definition) is 1. The molecule has 0 atom stereocenters. The average molecular weight is 387 g/mol. The van der Waals surface area contributed by atoms with Crippen LogP contribution in [0.25, 0.3) is 0 Å². The van der Waals surface area contributed by atoms with Crippen molar-refractivity contribution in [2.24, 2.45) is 5.41 Å². The lowest BCUT2D eigenvalue weighted by Gasteiger charge is -2.23. The molecule has 0 saturated carbocycles. The molecule has 1 aromatic carbocycles. The average Bonchev–Trinajstić information content (AvgIpc) is 2.35. The van der Waals surface area contributed by atoms with Crippen LogP contribution in [0.5, 0.6) is 0 Å². The zero-order valence-corrected chi connectivity index (χ0v) is 14.0. The number of carbonyl (C=O) groups excluding carboxylic acids is 1. The molecule has 0 saturated heterocycles. The molecule has 1 aromatic rings. The third-order valence-electron chi connectivity index (χ3n) is 3.03. The molecule has 1 rings (SSSR count). The fraction of sp³-hybridized carbons (Fsp3) is 0.500. The molecule has 21 heavy (non-hydrogen) atoms. The van der Waals surface area contributed by atoms with Gasteiger partial charge >= 0.3 is 6.18 Å². The largest absolute Gasteiger partial charge is 0.417 e. The molecule has 0 aromatic heterocycles. The second kappa shape index (κ2) is 7.01. The van der Waals surface area contributed by atoms with Gasteiger partial charge in [0.1, 0.15) is 0 Å². The van der Waals surface area contributed by atoms with Crippen LogP contribution in [0.1, 0.15) is 36.2 Å². The Balaban J connectivity index is 2.85. The van der Waals surface area contributed by atoms with E-state index in [1.165, 1.54) is 12.1 Å². The minimum Gasteiger partial charge on any atom is -0.352 e. The molecule has 0 fully saturated rings. The van der Waals surface area contributed by atoms with Gasteiger partial charge in [-0.05, 0) is 30.0 Å². The van der Waals surface area contributed by atoms with Crippen molar-refractivity contribution in [3.05, 3.63) is 33.8 Å². The van der Waals surface area contributed by atoms with Gasteiger partial charge in [-0.1, -0.05) is 29.8 Å². The van der Waals surface area contributed by atoms with Crippen LogP contribution >= 0.6 is 27.5 Å². The van der Waals surface area contributed by atoms with Gasteiger partial charge in [-0.15, -0.1) is 11.6 Å². The number of carbonyl (C=O) groups is 1. The highest BCUT2D eigenvalue weighted by atomic mass is 79.9. The summed E-state index contributed by atoms with van der Waals surface area (Å²) in [6.45, 7) is 4.20. The summed E-state index contributed by atoms with van der Waals surface area (Å²) in [5, 5.41) is 2.64. The Labute approximate surface area is 135 Å². The molecule has 1 amide bonds. The Hall–Kier alpha value is -0.750. The lowest BCUT2D eigenvalue weighted by atomic mass is 9.90. The molecule has 0 spiro atoms. The highest BCUT2D eigenvalue weighted by Gasteiger charge is 2.33. The molecular weight excluding hydrogens is 371 g/mol. The highest BCUT2D eigenvalue weighted by Crippen LogP contribution is 2.35. The van der Waals surface area contributed by atoms with Gasteiger partial charge in [0, 0.05) is 22.5 Å². The van der Waals surface area contributed by atoms with E-state index in [2.05, 4.69) is 21.2 Å². The number of rotatable bonds is 5. The molecule has 0 unspecified atom stereocenters. The summed E-state index contributed by atoms with van der Waals surface area (Å²) >= 11 is 8.50. The number of nitrogens with one attached hydrogen (secondary N) is 1. The zero-order valence-electron chi connectivity index (χ0n) is 11.7. The monoisotopic (exact) mass is 385 g/mol. The van der Waals surface area contributed by atoms with Crippen molar-refractivity contribution >= 4 is 33.4 Å². The summed E-state index contributed by atoms with van der Waals surface area (Å²) in [6, 6.07) is 3.42. The van der Waals surface area contributed by atoms with Crippen LogP contribution in [-0.4, -0.2) is 18.3 Å². The van der Waals surface area contributed by atoms with Crippen LogP contribution in [0.15, 0.2) is 22.7 Å². The first-order valence-corrected chi connectivity index (χ1v) is 7.60. The zero-order chi connectivity index (χ0) is 16.3. The summed E-state index contributed by atoms with van der Waals surface area (Å²) in [5.41, 5.74) is -1.10. The number of halogens is 5. The van der Waals surface area contributed by atoms with Crippen molar-refractivity contribution in [2.75, 3.05) is 12.4 Å². The Bertz CT molecular complexity index is 517. The first kappa shape index (κ1) is 18.3. The van der Waals surface area contributed by atoms with E-state index in [9.17, 15) is 18.0 Å².